The van der Waals surface area contributed by atoms with Crippen LogP contribution >= 0.6 is 35.4 Å². The van der Waals surface area contributed by atoms with E-state index in [4.69, 9.17) is 35.4 Å². The Morgan fingerprint density at radius 1 is 1.12 bits per heavy atom. The maximum absolute atomic E-state index is 6.12. The molecule has 2 N–H and O–H groups in total. The van der Waals surface area contributed by atoms with Crippen LogP contribution in [0.3, 0.4) is 0 Å². The summed E-state index contributed by atoms with van der Waals surface area (Å²) >= 11 is 17.4. The number of rotatable bonds is 5. The van der Waals surface area contributed by atoms with Crippen LogP contribution in [0.4, 0.5) is 11.4 Å². The number of anilines is 2. The average molecular weight is 395 g/mol. The van der Waals surface area contributed by atoms with Crippen molar-refractivity contribution in [2.75, 3.05) is 10.6 Å². The number of nitrogens with zero attached hydrogens (tertiary/aromatic N) is 4. The van der Waals surface area contributed by atoms with Gasteiger partial charge in [0.25, 0.3) is 0 Å². The second kappa shape index (κ2) is 7.86. The number of aromatic nitrogens is 4. The molecule has 3 rings (SSSR count). The van der Waals surface area contributed by atoms with Crippen molar-refractivity contribution in [3.8, 4) is 0 Å². The maximum atomic E-state index is 6.12. The first kappa shape index (κ1) is 17.7. The monoisotopic (exact) mass is 394 g/mol. The SMILES string of the molecule is CCn1cc(Cn2cc(NC(=S)Nc3cc(Cl)ccc3Cl)cn2)cn1. The molecule has 6 nitrogen and oxygen atoms in total. The Morgan fingerprint density at radius 3 is 2.68 bits per heavy atom. The molecule has 0 bridgehead atoms. The van der Waals surface area contributed by atoms with Crippen molar-refractivity contribution in [1.82, 2.24) is 19.6 Å². The lowest BCUT2D eigenvalue weighted by molar-refractivity contribution is 0.654. The predicted molar refractivity (Wildman–Crippen MR) is 106 cm³/mol. The Morgan fingerprint density at radius 2 is 1.92 bits per heavy atom. The molecule has 0 spiro atoms. The molecule has 9 heteroatoms. The van der Waals surface area contributed by atoms with E-state index in [0.29, 0.717) is 27.4 Å². The van der Waals surface area contributed by atoms with E-state index in [-0.39, 0.29) is 0 Å². The lowest BCUT2D eigenvalue weighted by atomic mass is 10.3. The molecule has 2 aromatic heterocycles. The first-order chi connectivity index (χ1) is 12.0. The van der Waals surface area contributed by atoms with Gasteiger partial charge in [0.2, 0.25) is 0 Å². The largest absolute Gasteiger partial charge is 0.331 e. The second-order valence-electron chi connectivity index (χ2n) is 5.33. The average Bonchev–Trinajstić information content (AvgIpc) is 3.20. The molecule has 0 unspecified atom stereocenters. The van der Waals surface area contributed by atoms with Crippen LogP contribution in [-0.4, -0.2) is 24.7 Å². The second-order valence-corrected chi connectivity index (χ2v) is 6.59. The fourth-order valence-corrected chi connectivity index (χ4v) is 2.81. The van der Waals surface area contributed by atoms with Crippen molar-refractivity contribution in [3.63, 3.8) is 0 Å². The highest BCUT2D eigenvalue weighted by molar-refractivity contribution is 7.80. The highest BCUT2D eigenvalue weighted by atomic mass is 35.5. The van der Waals surface area contributed by atoms with Crippen LogP contribution in [0.15, 0.2) is 43.0 Å². The maximum Gasteiger partial charge on any atom is 0.175 e. The predicted octanol–water partition coefficient (Wildman–Crippen LogP) is 4.26. The van der Waals surface area contributed by atoms with Crippen LogP contribution in [0.25, 0.3) is 0 Å². The molecule has 0 radical (unpaired) electrons. The zero-order valence-corrected chi connectivity index (χ0v) is 15.7. The first-order valence-electron chi connectivity index (χ1n) is 7.60. The Balaban J connectivity index is 1.60. The smallest absolute Gasteiger partial charge is 0.175 e. The number of hydrogen-bond donors (Lipinski definition) is 2. The van der Waals surface area contributed by atoms with Crippen molar-refractivity contribution < 1.29 is 0 Å². The number of halogens is 2. The minimum absolute atomic E-state index is 0.405. The summed E-state index contributed by atoms with van der Waals surface area (Å²) < 4.78 is 3.69. The van der Waals surface area contributed by atoms with Crippen LogP contribution in [0.5, 0.6) is 0 Å². The summed E-state index contributed by atoms with van der Waals surface area (Å²) in [6, 6.07) is 5.15. The third-order valence-corrected chi connectivity index (χ3v) is 4.19. The minimum atomic E-state index is 0.405. The van der Waals surface area contributed by atoms with Gasteiger partial charge in [0, 0.05) is 29.5 Å². The van der Waals surface area contributed by atoms with Crippen LogP contribution in [0.1, 0.15) is 12.5 Å². The van der Waals surface area contributed by atoms with Gasteiger partial charge >= 0.3 is 0 Å². The number of hydrogen-bond acceptors (Lipinski definition) is 3. The number of thiocarbonyl (C=S) groups is 1. The van der Waals surface area contributed by atoms with E-state index >= 15 is 0 Å². The number of nitrogens with one attached hydrogen (secondary N) is 2. The molecule has 0 aliphatic heterocycles. The highest BCUT2D eigenvalue weighted by Crippen LogP contribution is 2.25. The molecule has 1 aromatic carbocycles. The van der Waals surface area contributed by atoms with Gasteiger partial charge in [-0.1, -0.05) is 23.2 Å². The van der Waals surface area contributed by atoms with Gasteiger partial charge in [0.15, 0.2) is 5.11 Å². The summed E-state index contributed by atoms with van der Waals surface area (Å²) in [5, 5.41) is 16.2. The van der Waals surface area contributed by atoms with Crippen molar-refractivity contribution in [3.05, 3.63) is 58.6 Å². The minimum Gasteiger partial charge on any atom is -0.331 e. The van der Waals surface area contributed by atoms with Crippen molar-refractivity contribution in [2.45, 2.75) is 20.0 Å². The molecular weight excluding hydrogens is 379 g/mol. The van der Waals surface area contributed by atoms with Gasteiger partial charge in [-0.15, -0.1) is 0 Å². The summed E-state index contributed by atoms with van der Waals surface area (Å²) in [6.45, 7) is 3.53. The van der Waals surface area contributed by atoms with Crippen molar-refractivity contribution in [2.24, 2.45) is 0 Å². The fourth-order valence-electron chi connectivity index (χ4n) is 2.24. The summed E-state index contributed by atoms with van der Waals surface area (Å²) in [5.74, 6) is 0. The molecular formula is C16H16Cl2N6S. The van der Waals surface area contributed by atoms with E-state index in [0.717, 1.165) is 17.8 Å². The topological polar surface area (TPSA) is 59.7 Å². The van der Waals surface area contributed by atoms with Gasteiger partial charge in [0.05, 0.1) is 35.3 Å². The van der Waals surface area contributed by atoms with E-state index in [2.05, 4.69) is 20.8 Å². The van der Waals surface area contributed by atoms with E-state index in [1.807, 2.05) is 34.9 Å². The van der Waals surface area contributed by atoms with E-state index in [1.54, 1.807) is 24.4 Å². The summed E-state index contributed by atoms with van der Waals surface area (Å²) in [6.07, 6.45) is 7.42. The van der Waals surface area contributed by atoms with E-state index in [1.165, 1.54) is 0 Å². The normalized spacial score (nSPS) is 10.7. The van der Waals surface area contributed by atoms with Gasteiger partial charge < -0.3 is 10.6 Å². The van der Waals surface area contributed by atoms with Crippen molar-refractivity contribution in [1.29, 1.82) is 0 Å². The third kappa shape index (κ3) is 4.72. The Labute approximate surface area is 160 Å². The fraction of sp³-hybridized carbons (Fsp3) is 0.188. The van der Waals surface area contributed by atoms with Gasteiger partial charge in [-0.2, -0.15) is 10.2 Å². The standard InChI is InChI=1S/C16H16Cl2N6S/c1-2-23-8-11(6-19-23)9-24-10-13(7-20-24)21-16(25)22-15-5-12(17)3-4-14(15)18/h3-8,10H,2,9H2,1H3,(H2,21,22,25). The molecule has 3 aromatic rings. The van der Waals surface area contributed by atoms with Gasteiger partial charge in [-0.05, 0) is 37.3 Å². The van der Waals surface area contributed by atoms with Crippen LogP contribution in [-0.2, 0) is 13.1 Å². The molecule has 0 fully saturated rings. The van der Waals surface area contributed by atoms with Gasteiger partial charge in [-0.3, -0.25) is 9.36 Å². The van der Waals surface area contributed by atoms with E-state index < -0.39 is 0 Å². The van der Waals surface area contributed by atoms with Gasteiger partial charge in [0.1, 0.15) is 0 Å². The molecule has 0 aliphatic carbocycles. The molecule has 0 saturated heterocycles. The Hall–Kier alpha value is -2.09. The molecule has 0 aliphatic rings. The molecule has 25 heavy (non-hydrogen) atoms. The quantitative estimate of drug-likeness (QED) is 0.632. The summed E-state index contributed by atoms with van der Waals surface area (Å²) in [7, 11) is 0. The lowest BCUT2D eigenvalue weighted by Gasteiger charge is -2.10. The van der Waals surface area contributed by atoms with Crippen LogP contribution in [0.2, 0.25) is 10.0 Å². The molecule has 2 heterocycles. The first-order valence-corrected chi connectivity index (χ1v) is 8.76. The van der Waals surface area contributed by atoms with E-state index in [9.17, 15) is 0 Å². The zero-order chi connectivity index (χ0) is 17.8. The number of aryl methyl sites for hydroxylation is 1. The highest BCUT2D eigenvalue weighted by Gasteiger charge is 2.06. The van der Waals surface area contributed by atoms with Crippen LogP contribution in [0, 0.1) is 0 Å². The van der Waals surface area contributed by atoms with Crippen molar-refractivity contribution >= 4 is 51.9 Å². The summed E-state index contributed by atoms with van der Waals surface area (Å²) in [4.78, 5) is 0. The van der Waals surface area contributed by atoms with Crippen LogP contribution < -0.4 is 10.6 Å². The summed E-state index contributed by atoms with van der Waals surface area (Å²) in [5.41, 5.74) is 2.51. The number of benzene rings is 1. The molecule has 130 valence electrons. The zero-order valence-electron chi connectivity index (χ0n) is 13.4. The van der Waals surface area contributed by atoms with Gasteiger partial charge in [-0.25, -0.2) is 0 Å². The Bertz CT molecular complexity index is 888. The molecule has 0 atom stereocenters. The lowest BCUT2D eigenvalue weighted by Crippen LogP contribution is -2.19. The molecule has 0 amide bonds. The molecule has 0 saturated carbocycles. The Kier molecular flexibility index (Phi) is 5.57. The third-order valence-electron chi connectivity index (χ3n) is 3.42.